The molecule has 0 aliphatic rings. The van der Waals surface area contributed by atoms with E-state index in [2.05, 4.69) is 15.9 Å². The summed E-state index contributed by atoms with van der Waals surface area (Å²) in [6.45, 7) is 1.84. The number of ketones is 1. The van der Waals surface area contributed by atoms with Crippen molar-refractivity contribution in [2.45, 2.75) is 6.92 Å². The Morgan fingerprint density at radius 3 is 2.48 bits per heavy atom. The fourth-order valence-electron chi connectivity index (χ4n) is 2.33. The van der Waals surface area contributed by atoms with E-state index >= 15 is 0 Å². The van der Waals surface area contributed by atoms with Gasteiger partial charge < -0.3 is 0 Å². The molecule has 0 radical (unpaired) electrons. The van der Waals surface area contributed by atoms with Crippen molar-refractivity contribution < 1.29 is 9.18 Å². The molecule has 0 bridgehead atoms. The number of carbonyl (C=O) groups excluding carboxylic acids is 1. The largest absolute Gasteiger partial charge is 0.288 e. The van der Waals surface area contributed by atoms with Crippen LogP contribution in [0.25, 0.3) is 10.8 Å². The predicted octanol–water partition coefficient (Wildman–Crippen LogP) is 5.28. The molecule has 0 N–H and O–H groups in total. The molecule has 0 saturated carbocycles. The monoisotopic (exact) mass is 342 g/mol. The molecule has 1 nitrogen and oxygen atoms in total. The molecule has 0 unspecified atom stereocenters. The molecule has 0 aliphatic carbocycles. The van der Waals surface area contributed by atoms with E-state index in [-0.39, 0.29) is 11.3 Å². The standard InChI is InChI=1S/C18H12BrFO/c1-11-2-7-17(20)16(8-11)18(21)14-4-3-13-10-15(19)6-5-12(13)9-14/h2-10H,1H3. The van der Waals surface area contributed by atoms with E-state index in [1.165, 1.54) is 6.07 Å². The first-order chi connectivity index (χ1) is 10.0. The molecular weight excluding hydrogens is 331 g/mol. The summed E-state index contributed by atoms with van der Waals surface area (Å²) in [6, 6.07) is 15.8. The molecular formula is C18H12BrFO. The molecule has 0 saturated heterocycles. The van der Waals surface area contributed by atoms with Crippen molar-refractivity contribution in [1.29, 1.82) is 0 Å². The van der Waals surface area contributed by atoms with Crippen LogP contribution in [-0.2, 0) is 0 Å². The van der Waals surface area contributed by atoms with Gasteiger partial charge in [0.25, 0.3) is 0 Å². The Bertz CT molecular complexity index is 855. The second-order valence-corrected chi connectivity index (χ2v) is 5.93. The van der Waals surface area contributed by atoms with Gasteiger partial charge in [-0.25, -0.2) is 4.39 Å². The Labute approximate surface area is 130 Å². The Morgan fingerprint density at radius 1 is 0.952 bits per heavy atom. The summed E-state index contributed by atoms with van der Waals surface area (Å²) < 4.78 is 14.8. The molecule has 3 rings (SSSR count). The highest BCUT2D eigenvalue weighted by Gasteiger charge is 2.14. The lowest BCUT2D eigenvalue weighted by molar-refractivity contribution is 0.103. The molecule has 0 fully saturated rings. The number of hydrogen-bond donors (Lipinski definition) is 0. The minimum atomic E-state index is -0.485. The van der Waals surface area contributed by atoms with E-state index in [1.807, 2.05) is 31.2 Å². The van der Waals surface area contributed by atoms with E-state index in [1.54, 1.807) is 24.3 Å². The van der Waals surface area contributed by atoms with Crippen molar-refractivity contribution in [3.05, 3.63) is 81.6 Å². The second kappa shape index (κ2) is 5.41. The summed E-state index contributed by atoms with van der Waals surface area (Å²) in [4.78, 5) is 12.5. The number of fused-ring (bicyclic) bond motifs is 1. The van der Waals surface area contributed by atoms with E-state index in [0.29, 0.717) is 5.56 Å². The predicted molar refractivity (Wildman–Crippen MR) is 86.2 cm³/mol. The highest BCUT2D eigenvalue weighted by atomic mass is 79.9. The van der Waals surface area contributed by atoms with E-state index in [0.717, 1.165) is 20.8 Å². The van der Waals surface area contributed by atoms with Gasteiger partial charge in [-0.2, -0.15) is 0 Å². The van der Waals surface area contributed by atoms with Crippen LogP contribution in [0, 0.1) is 12.7 Å². The maximum absolute atomic E-state index is 13.8. The van der Waals surface area contributed by atoms with Crippen LogP contribution in [0.2, 0.25) is 0 Å². The van der Waals surface area contributed by atoms with Crippen LogP contribution < -0.4 is 0 Å². The van der Waals surface area contributed by atoms with Gasteiger partial charge in [-0.1, -0.05) is 45.8 Å². The molecule has 0 aliphatic heterocycles. The van der Waals surface area contributed by atoms with Crippen molar-refractivity contribution >= 4 is 32.5 Å². The summed E-state index contributed by atoms with van der Waals surface area (Å²) in [5.41, 5.74) is 1.48. The molecule has 0 aromatic heterocycles. The summed E-state index contributed by atoms with van der Waals surface area (Å²) in [5.74, 6) is -0.775. The van der Waals surface area contributed by atoms with Gasteiger partial charge in [0.15, 0.2) is 5.78 Å². The highest BCUT2D eigenvalue weighted by molar-refractivity contribution is 9.10. The van der Waals surface area contributed by atoms with Gasteiger partial charge in [0.2, 0.25) is 0 Å². The fourth-order valence-corrected chi connectivity index (χ4v) is 2.71. The second-order valence-electron chi connectivity index (χ2n) is 5.02. The van der Waals surface area contributed by atoms with Crippen LogP contribution in [0.5, 0.6) is 0 Å². The lowest BCUT2D eigenvalue weighted by atomic mass is 9.98. The average molecular weight is 343 g/mol. The normalized spacial score (nSPS) is 10.8. The lowest BCUT2D eigenvalue weighted by Crippen LogP contribution is -2.04. The number of benzene rings is 3. The third-order valence-corrected chi connectivity index (χ3v) is 3.92. The molecule has 0 amide bonds. The molecule has 3 aromatic carbocycles. The summed E-state index contributed by atoms with van der Waals surface area (Å²) in [5, 5.41) is 1.99. The number of aryl methyl sites for hydroxylation is 1. The topological polar surface area (TPSA) is 17.1 Å². The van der Waals surface area contributed by atoms with Gasteiger partial charge in [0, 0.05) is 10.0 Å². The van der Waals surface area contributed by atoms with Crippen LogP contribution in [0.3, 0.4) is 0 Å². The van der Waals surface area contributed by atoms with Crippen molar-refractivity contribution in [3.8, 4) is 0 Å². The van der Waals surface area contributed by atoms with Gasteiger partial charge in [0.1, 0.15) is 5.82 Å². The molecule has 21 heavy (non-hydrogen) atoms. The summed E-state index contributed by atoms with van der Waals surface area (Å²) in [6.07, 6.45) is 0. The van der Waals surface area contributed by atoms with Gasteiger partial charge in [0.05, 0.1) is 5.56 Å². The minimum absolute atomic E-state index is 0.117. The number of rotatable bonds is 2. The van der Waals surface area contributed by atoms with Gasteiger partial charge in [-0.3, -0.25) is 4.79 Å². The first-order valence-electron chi connectivity index (χ1n) is 6.55. The Kier molecular flexibility index (Phi) is 3.60. The van der Waals surface area contributed by atoms with Crippen LogP contribution in [0.15, 0.2) is 59.1 Å². The number of halogens is 2. The van der Waals surface area contributed by atoms with E-state index in [9.17, 15) is 9.18 Å². The Hall–Kier alpha value is -2.00. The highest BCUT2D eigenvalue weighted by Crippen LogP contribution is 2.23. The van der Waals surface area contributed by atoms with E-state index in [4.69, 9.17) is 0 Å². The third kappa shape index (κ3) is 2.74. The Morgan fingerprint density at radius 2 is 1.67 bits per heavy atom. The quantitative estimate of drug-likeness (QED) is 0.579. The molecule has 0 heterocycles. The molecule has 0 atom stereocenters. The van der Waals surface area contributed by atoms with Crippen molar-refractivity contribution in [2.75, 3.05) is 0 Å². The zero-order chi connectivity index (χ0) is 15.0. The van der Waals surface area contributed by atoms with Crippen molar-refractivity contribution in [2.24, 2.45) is 0 Å². The minimum Gasteiger partial charge on any atom is -0.288 e. The van der Waals surface area contributed by atoms with Crippen molar-refractivity contribution in [1.82, 2.24) is 0 Å². The summed E-state index contributed by atoms with van der Waals surface area (Å²) in [7, 11) is 0. The van der Waals surface area contributed by atoms with Crippen LogP contribution in [0.1, 0.15) is 21.5 Å². The van der Waals surface area contributed by atoms with E-state index < -0.39 is 5.82 Å². The average Bonchev–Trinajstić information content (AvgIpc) is 2.48. The SMILES string of the molecule is Cc1ccc(F)c(C(=O)c2ccc3cc(Br)ccc3c2)c1. The van der Waals surface area contributed by atoms with Crippen molar-refractivity contribution in [3.63, 3.8) is 0 Å². The molecule has 104 valence electrons. The van der Waals surface area contributed by atoms with Crippen LogP contribution in [-0.4, -0.2) is 5.78 Å². The van der Waals surface area contributed by atoms with Gasteiger partial charge in [-0.05, 0) is 48.0 Å². The molecule has 0 spiro atoms. The number of hydrogen-bond acceptors (Lipinski definition) is 1. The van der Waals surface area contributed by atoms with Gasteiger partial charge >= 0.3 is 0 Å². The fraction of sp³-hybridized carbons (Fsp3) is 0.0556. The summed E-state index contributed by atoms with van der Waals surface area (Å²) >= 11 is 3.42. The maximum atomic E-state index is 13.8. The zero-order valence-electron chi connectivity index (χ0n) is 11.4. The smallest absolute Gasteiger partial charge is 0.195 e. The lowest BCUT2D eigenvalue weighted by Gasteiger charge is -2.06. The first kappa shape index (κ1) is 14.0. The number of carbonyl (C=O) groups is 1. The zero-order valence-corrected chi connectivity index (χ0v) is 12.9. The third-order valence-electron chi connectivity index (χ3n) is 3.43. The van der Waals surface area contributed by atoms with Crippen LogP contribution >= 0.6 is 15.9 Å². The van der Waals surface area contributed by atoms with Crippen LogP contribution in [0.4, 0.5) is 4.39 Å². The Balaban J connectivity index is 2.09. The first-order valence-corrected chi connectivity index (χ1v) is 7.34. The molecule has 3 heteroatoms. The maximum Gasteiger partial charge on any atom is 0.195 e. The molecule has 3 aromatic rings. The van der Waals surface area contributed by atoms with Gasteiger partial charge in [-0.15, -0.1) is 0 Å².